The lowest BCUT2D eigenvalue weighted by molar-refractivity contribution is 0.0524. The fourth-order valence-electron chi connectivity index (χ4n) is 1.79. The Morgan fingerprint density at radius 3 is 2.62 bits per heavy atom. The van der Waals surface area contributed by atoms with E-state index in [1.807, 2.05) is 0 Å². The minimum atomic E-state index is -1.32. The zero-order valence-corrected chi connectivity index (χ0v) is 12.1. The van der Waals surface area contributed by atoms with Gasteiger partial charge in [0.15, 0.2) is 0 Å². The summed E-state index contributed by atoms with van der Waals surface area (Å²) in [6, 6.07) is 10.1. The number of benzene rings is 1. The second kappa shape index (κ2) is 6.20. The number of rotatable bonds is 4. The molecule has 6 heteroatoms. The predicted molar refractivity (Wildman–Crippen MR) is 77.6 cm³/mol. The molecule has 2 rings (SSSR count). The van der Waals surface area contributed by atoms with E-state index in [0.717, 1.165) is 0 Å². The van der Waals surface area contributed by atoms with Gasteiger partial charge in [-0.05, 0) is 36.8 Å². The van der Waals surface area contributed by atoms with Gasteiger partial charge in [-0.15, -0.1) is 0 Å². The summed E-state index contributed by atoms with van der Waals surface area (Å²) < 4.78 is 12.9. The van der Waals surface area contributed by atoms with E-state index >= 15 is 0 Å². The van der Waals surface area contributed by atoms with Crippen LogP contribution in [0.1, 0.15) is 23.0 Å². The van der Waals surface area contributed by atoms with Crippen molar-refractivity contribution in [3.63, 3.8) is 0 Å². The second-order valence-corrected chi connectivity index (χ2v) is 5.20. The molecule has 1 aromatic heterocycles. The Morgan fingerprint density at radius 2 is 2.00 bits per heavy atom. The van der Waals surface area contributed by atoms with Crippen molar-refractivity contribution in [2.24, 2.45) is 0 Å². The molecule has 1 amide bonds. The molecule has 0 saturated carbocycles. The van der Waals surface area contributed by atoms with Crippen LogP contribution in [0.25, 0.3) is 0 Å². The third-order valence-electron chi connectivity index (χ3n) is 3.01. The van der Waals surface area contributed by atoms with Crippen molar-refractivity contribution in [3.05, 3.63) is 64.7 Å². The number of amides is 1. The Labute approximate surface area is 126 Å². The van der Waals surface area contributed by atoms with Gasteiger partial charge in [-0.3, -0.25) is 4.79 Å². The van der Waals surface area contributed by atoms with Gasteiger partial charge >= 0.3 is 0 Å². The minimum Gasteiger partial charge on any atom is -0.384 e. The molecule has 0 fully saturated rings. The van der Waals surface area contributed by atoms with Gasteiger partial charge in [-0.2, -0.15) is 0 Å². The van der Waals surface area contributed by atoms with Crippen molar-refractivity contribution in [1.82, 2.24) is 10.3 Å². The van der Waals surface area contributed by atoms with Gasteiger partial charge in [-0.1, -0.05) is 29.8 Å². The summed E-state index contributed by atoms with van der Waals surface area (Å²) in [6.07, 6.45) is 0. The first-order chi connectivity index (χ1) is 9.88. The second-order valence-electron chi connectivity index (χ2n) is 4.81. The van der Waals surface area contributed by atoms with Gasteiger partial charge in [0, 0.05) is 0 Å². The maximum atomic E-state index is 12.9. The third-order valence-corrected chi connectivity index (χ3v) is 3.22. The van der Waals surface area contributed by atoms with Crippen LogP contribution >= 0.6 is 11.6 Å². The Morgan fingerprint density at radius 1 is 1.33 bits per heavy atom. The number of nitrogens with one attached hydrogen (secondary N) is 1. The maximum absolute atomic E-state index is 12.9. The Balaban J connectivity index is 2.04. The van der Waals surface area contributed by atoms with Crippen molar-refractivity contribution in [2.45, 2.75) is 12.5 Å². The van der Waals surface area contributed by atoms with Crippen LogP contribution in [-0.4, -0.2) is 22.5 Å². The molecular weight excluding hydrogens is 295 g/mol. The number of carbonyl (C=O) groups is 1. The van der Waals surface area contributed by atoms with Crippen molar-refractivity contribution in [3.8, 4) is 0 Å². The highest BCUT2D eigenvalue weighted by Crippen LogP contribution is 2.20. The first-order valence-corrected chi connectivity index (χ1v) is 6.65. The summed E-state index contributed by atoms with van der Waals surface area (Å²) in [7, 11) is 0. The third kappa shape index (κ3) is 4.00. The highest BCUT2D eigenvalue weighted by Gasteiger charge is 2.24. The SMILES string of the molecule is CC(O)(CNC(=O)c1cccc(Cl)n1)c1ccc(F)cc1. The van der Waals surface area contributed by atoms with E-state index in [2.05, 4.69) is 10.3 Å². The average Bonchev–Trinajstić information content (AvgIpc) is 2.45. The van der Waals surface area contributed by atoms with E-state index in [4.69, 9.17) is 11.6 Å². The summed E-state index contributed by atoms with van der Waals surface area (Å²) in [6.45, 7) is 1.50. The van der Waals surface area contributed by atoms with Crippen LogP contribution in [-0.2, 0) is 5.60 Å². The highest BCUT2D eigenvalue weighted by atomic mass is 35.5. The predicted octanol–water partition coefficient (Wildman–Crippen LogP) is 2.51. The normalized spacial score (nSPS) is 13.5. The van der Waals surface area contributed by atoms with E-state index < -0.39 is 11.5 Å². The minimum absolute atomic E-state index is 0.0361. The largest absolute Gasteiger partial charge is 0.384 e. The van der Waals surface area contributed by atoms with E-state index in [1.165, 1.54) is 37.3 Å². The van der Waals surface area contributed by atoms with Crippen LogP contribution in [0.15, 0.2) is 42.5 Å². The molecule has 0 aliphatic heterocycles. The summed E-state index contributed by atoms with van der Waals surface area (Å²) in [5.41, 5.74) is -0.650. The molecule has 0 aliphatic rings. The van der Waals surface area contributed by atoms with Crippen LogP contribution in [0.5, 0.6) is 0 Å². The molecule has 0 spiro atoms. The average molecular weight is 309 g/mol. The van der Waals surface area contributed by atoms with Crippen LogP contribution < -0.4 is 5.32 Å². The standard InChI is InChI=1S/C15H14ClFN2O2/c1-15(21,10-5-7-11(17)8-6-10)9-18-14(20)12-3-2-4-13(16)19-12/h2-8,21H,9H2,1H3,(H,18,20). The lowest BCUT2D eigenvalue weighted by Crippen LogP contribution is -2.38. The van der Waals surface area contributed by atoms with Gasteiger partial charge in [0.05, 0.1) is 6.54 Å². The lowest BCUT2D eigenvalue weighted by Gasteiger charge is -2.24. The molecule has 1 unspecified atom stereocenters. The van der Waals surface area contributed by atoms with Crippen LogP contribution in [0.3, 0.4) is 0 Å². The number of nitrogens with zero attached hydrogens (tertiary/aromatic N) is 1. The molecule has 4 nitrogen and oxygen atoms in total. The smallest absolute Gasteiger partial charge is 0.270 e. The molecule has 0 radical (unpaired) electrons. The van der Waals surface area contributed by atoms with E-state index in [-0.39, 0.29) is 23.2 Å². The maximum Gasteiger partial charge on any atom is 0.270 e. The number of carbonyl (C=O) groups excluding carboxylic acids is 1. The van der Waals surface area contributed by atoms with Crippen LogP contribution in [0.4, 0.5) is 4.39 Å². The monoisotopic (exact) mass is 308 g/mol. The zero-order valence-electron chi connectivity index (χ0n) is 11.3. The molecule has 21 heavy (non-hydrogen) atoms. The molecule has 0 bridgehead atoms. The van der Waals surface area contributed by atoms with Crippen LogP contribution in [0.2, 0.25) is 5.15 Å². The molecule has 0 saturated heterocycles. The van der Waals surface area contributed by atoms with Gasteiger partial charge in [0.2, 0.25) is 0 Å². The number of halogens is 2. The number of pyridine rings is 1. The zero-order chi connectivity index (χ0) is 15.5. The Hall–Kier alpha value is -1.98. The summed E-state index contributed by atoms with van der Waals surface area (Å²) in [5, 5.41) is 13.1. The molecular formula is C15H14ClFN2O2. The molecule has 0 aliphatic carbocycles. The van der Waals surface area contributed by atoms with Crippen molar-refractivity contribution in [2.75, 3.05) is 6.54 Å². The van der Waals surface area contributed by atoms with Gasteiger partial charge < -0.3 is 10.4 Å². The van der Waals surface area contributed by atoms with Gasteiger partial charge in [0.25, 0.3) is 5.91 Å². The van der Waals surface area contributed by atoms with Crippen molar-refractivity contribution >= 4 is 17.5 Å². The molecule has 110 valence electrons. The van der Waals surface area contributed by atoms with E-state index in [0.29, 0.717) is 5.56 Å². The molecule has 2 aromatic rings. The molecule has 2 N–H and O–H groups in total. The first-order valence-electron chi connectivity index (χ1n) is 6.28. The first kappa shape index (κ1) is 15.4. The Kier molecular flexibility index (Phi) is 4.55. The number of aromatic nitrogens is 1. The molecule has 1 atom stereocenters. The van der Waals surface area contributed by atoms with E-state index in [1.54, 1.807) is 12.1 Å². The van der Waals surface area contributed by atoms with Gasteiger partial charge in [-0.25, -0.2) is 9.37 Å². The van der Waals surface area contributed by atoms with Crippen molar-refractivity contribution < 1.29 is 14.3 Å². The molecule has 1 heterocycles. The van der Waals surface area contributed by atoms with Crippen molar-refractivity contribution in [1.29, 1.82) is 0 Å². The number of hydrogen-bond acceptors (Lipinski definition) is 3. The lowest BCUT2D eigenvalue weighted by atomic mass is 9.96. The Bertz CT molecular complexity index is 644. The molecule has 1 aromatic carbocycles. The fraction of sp³-hybridized carbons (Fsp3) is 0.200. The fourth-order valence-corrected chi connectivity index (χ4v) is 1.95. The quantitative estimate of drug-likeness (QED) is 0.853. The number of aliphatic hydroxyl groups is 1. The number of hydrogen-bond donors (Lipinski definition) is 2. The van der Waals surface area contributed by atoms with Gasteiger partial charge in [0.1, 0.15) is 22.3 Å². The van der Waals surface area contributed by atoms with Crippen LogP contribution in [0, 0.1) is 5.82 Å². The topological polar surface area (TPSA) is 62.2 Å². The summed E-state index contributed by atoms with van der Waals surface area (Å²) in [4.78, 5) is 15.8. The summed E-state index contributed by atoms with van der Waals surface area (Å²) >= 11 is 5.71. The summed E-state index contributed by atoms with van der Waals surface area (Å²) in [5.74, 6) is -0.832. The highest BCUT2D eigenvalue weighted by molar-refractivity contribution is 6.29. The van der Waals surface area contributed by atoms with E-state index in [9.17, 15) is 14.3 Å².